The van der Waals surface area contributed by atoms with Crippen LogP contribution in [0.2, 0.25) is 5.02 Å². The van der Waals surface area contributed by atoms with E-state index in [1.807, 2.05) is 0 Å². The van der Waals surface area contributed by atoms with Gasteiger partial charge in [-0.2, -0.15) is 26.3 Å². The molecule has 17 heavy (non-hydrogen) atoms. The molecule has 0 radical (unpaired) electrons. The van der Waals surface area contributed by atoms with Crippen molar-refractivity contribution in [1.29, 1.82) is 0 Å². The molecule has 0 fully saturated rings. The van der Waals surface area contributed by atoms with Gasteiger partial charge in [-0.05, 0) is 12.1 Å². The summed E-state index contributed by atoms with van der Waals surface area (Å²) in [4.78, 5) is 0. The molecule has 8 heteroatoms. The zero-order valence-electron chi connectivity index (χ0n) is 7.95. The molecule has 0 spiro atoms. The summed E-state index contributed by atoms with van der Waals surface area (Å²) in [5.41, 5.74) is -4.39. The van der Waals surface area contributed by atoms with Crippen molar-refractivity contribution in [3.8, 4) is 0 Å². The molecule has 0 aliphatic rings. The summed E-state index contributed by atoms with van der Waals surface area (Å²) < 4.78 is 74.7. The van der Waals surface area contributed by atoms with E-state index in [0.717, 1.165) is 0 Å². The van der Waals surface area contributed by atoms with Gasteiger partial charge in [-0.15, -0.1) is 0 Å². The van der Waals surface area contributed by atoms with E-state index in [1.165, 1.54) is 0 Å². The molecule has 0 saturated carbocycles. The lowest BCUT2D eigenvalue weighted by Crippen LogP contribution is -2.16. The van der Waals surface area contributed by atoms with Gasteiger partial charge in [-0.25, -0.2) is 0 Å². The van der Waals surface area contributed by atoms with Gasteiger partial charge in [0.15, 0.2) is 0 Å². The first-order chi connectivity index (χ1) is 7.57. The van der Waals surface area contributed by atoms with Crippen LogP contribution in [-0.4, -0.2) is 5.11 Å². The number of aliphatic hydroxyl groups is 1. The maximum Gasteiger partial charge on any atom is 0.416 e. The monoisotopic (exact) mass is 278 g/mol. The van der Waals surface area contributed by atoms with Crippen LogP contribution < -0.4 is 0 Å². The van der Waals surface area contributed by atoms with Gasteiger partial charge >= 0.3 is 12.4 Å². The second kappa shape index (κ2) is 4.38. The summed E-state index contributed by atoms with van der Waals surface area (Å²) in [6.07, 6.45) is -10.0. The van der Waals surface area contributed by atoms with Gasteiger partial charge in [0, 0.05) is 10.6 Å². The highest BCUT2D eigenvalue weighted by atomic mass is 35.5. The minimum atomic E-state index is -5.01. The topological polar surface area (TPSA) is 20.2 Å². The van der Waals surface area contributed by atoms with Crippen molar-refractivity contribution in [2.45, 2.75) is 19.0 Å². The zero-order valence-corrected chi connectivity index (χ0v) is 8.71. The number of alkyl halides is 6. The Labute approximate surface area is 96.6 Å². The van der Waals surface area contributed by atoms with Crippen LogP contribution in [0, 0.1) is 0 Å². The van der Waals surface area contributed by atoms with E-state index in [4.69, 9.17) is 16.7 Å². The van der Waals surface area contributed by atoms with Crippen LogP contribution in [-0.2, 0) is 19.0 Å². The van der Waals surface area contributed by atoms with Crippen molar-refractivity contribution in [2.75, 3.05) is 0 Å². The van der Waals surface area contributed by atoms with Gasteiger partial charge in [-0.3, -0.25) is 0 Å². The fraction of sp³-hybridized carbons (Fsp3) is 0.333. The van der Waals surface area contributed by atoms with E-state index in [0.29, 0.717) is 12.1 Å². The number of hydrogen-bond donors (Lipinski definition) is 1. The summed E-state index contributed by atoms with van der Waals surface area (Å²) in [5.74, 6) is 0. The molecule has 0 aliphatic heterocycles. The first-order valence-corrected chi connectivity index (χ1v) is 4.53. The fourth-order valence-electron chi connectivity index (χ4n) is 1.31. The molecule has 0 heterocycles. The molecule has 1 rings (SSSR count). The van der Waals surface area contributed by atoms with Crippen LogP contribution in [0.3, 0.4) is 0 Å². The molecule has 0 unspecified atom stereocenters. The van der Waals surface area contributed by atoms with Gasteiger partial charge in [0.1, 0.15) is 0 Å². The van der Waals surface area contributed by atoms with E-state index in [-0.39, 0.29) is 0 Å². The summed E-state index contributed by atoms with van der Waals surface area (Å²) in [5, 5.41) is 7.98. The number of halogens is 7. The second-order valence-corrected chi connectivity index (χ2v) is 3.57. The molecule has 0 aromatic heterocycles. The normalized spacial score (nSPS) is 12.9. The Morgan fingerprint density at radius 2 is 1.29 bits per heavy atom. The minimum Gasteiger partial charge on any atom is -0.392 e. The predicted molar refractivity (Wildman–Crippen MR) is 47.4 cm³/mol. The molecular weight excluding hydrogens is 274 g/mol. The molecular formula is C9H5ClF6O. The predicted octanol–water partition coefficient (Wildman–Crippen LogP) is 3.87. The summed E-state index contributed by atoms with van der Waals surface area (Å²) >= 11 is 5.21. The van der Waals surface area contributed by atoms with Crippen molar-refractivity contribution in [3.05, 3.63) is 33.8 Å². The maximum atomic E-state index is 12.4. The quantitative estimate of drug-likeness (QED) is 0.773. The Balaban J connectivity index is 3.58. The molecule has 0 bridgehead atoms. The number of benzene rings is 1. The van der Waals surface area contributed by atoms with Crippen molar-refractivity contribution in [1.82, 2.24) is 0 Å². The van der Waals surface area contributed by atoms with Crippen LogP contribution in [0.1, 0.15) is 16.7 Å². The summed E-state index contributed by atoms with van der Waals surface area (Å²) in [7, 11) is 0. The van der Waals surface area contributed by atoms with Crippen molar-refractivity contribution in [3.63, 3.8) is 0 Å². The zero-order chi connectivity index (χ0) is 13.4. The van der Waals surface area contributed by atoms with Gasteiger partial charge in [0.25, 0.3) is 0 Å². The smallest absolute Gasteiger partial charge is 0.392 e. The lowest BCUT2D eigenvalue weighted by Gasteiger charge is -2.17. The molecule has 1 N–H and O–H groups in total. The Morgan fingerprint density at radius 1 is 0.941 bits per heavy atom. The molecule has 1 nitrogen and oxygen atoms in total. The minimum absolute atomic E-state index is 0.350. The third-order valence-electron chi connectivity index (χ3n) is 1.98. The van der Waals surface area contributed by atoms with Gasteiger partial charge in [-0.1, -0.05) is 11.6 Å². The van der Waals surface area contributed by atoms with E-state index in [1.54, 1.807) is 0 Å². The van der Waals surface area contributed by atoms with E-state index >= 15 is 0 Å². The van der Waals surface area contributed by atoms with Crippen molar-refractivity contribution >= 4 is 11.6 Å². The molecule has 0 aliphatic carbocycles. The summed E-state index contributed by atoms with van der Waals surface area (Å²) in [6.45, 7) is -1.37. The van der Waals surface area contributed by atoms with E-state index in [9.17, 15) is 26.3 Å². The van der Waals surface area contributed by atoms with Crippen molar-refractivity contribution in [2.24, 2.45) is 0 Å². The Morgan fingerprint density at radius 3 is 1.53 bits per heavy atom. The van der Waals surface area contributed by atoms with Gasteiger partial charge in [0.05, 0.1) is 17.7 Å². The highest BCUT2D eigenvalue weighted by Gasteiger charge is 2.40. The van der Waals surface area contributed by atoms with Crippen LogP contribution in [0.25, 0.3) is 0 Å². The maximum absolute atomic E-state index is 12.4. The Bertz CT molecular complexity index is 387. The van der Waals surface area contributed by atoms with Crippen LogP contribution in [0.5, 0.6) is 0 Å². The Kier molecular flexibility index (Phi) is 3.63. The van der Waals surface area contributed by atoms with E-state index < -0.39 is 40.7 Å². The first-order valence-electron chi connectivity index (χ1n) is 4.15. The Hall–Kier alpha value is -0.950. The number of aliphatic hydroxyl groups excluding tert-OH is 1. The number of rotatable bonds is 1. The number of hydrogen-bond acceptors (Lipinski definition) is 1. The third-order valence-corrected chi connectivity index (χ3v) is 2.20. The molecule has 0 amide bonds. The fourth-order valence-corrected chi connectivity index (χ4v) is 1.53. The molecule has 0 atom stereocenters. The van der Waals surface area contributed by atoms with E-state index in [2.05, 4.69) is 0 Å². The van der Waals surface area contributed by atoms with Crippen LogP contribution >= 0.6 is 11.6 Å². The molecule has 1 aromatic carbocycles. The van der Waals surface area contributed by atoms with Crippen molar-refractivity contribution < 1.29 is 31.4 Å². The highest BCUT2D eigenvalue weighted by Crippen LogP contribution is 2.41. The lowest BCUT2D eigenvalue weighted by atomic mass is 10.0. The SMILES string of the molecule is OCc1c(C(F)(F)F)cc(Cl)cc1C(F)(F)F. The van der Waals surface area contributed by atoms with Gasteiger partial charge in [0.2, 0.25) is 0 Å². The summed E-state index contributed by atoms with van der Waals surface area (Å²) in [6, 6.07) is 0.699. The average molecular weight is 279 g/mol. The van der Waals surface area contributed by atoms with Crippen LogP contribution in [0.15, 0.2) is 12.1 Å². The second-order valence-electron chi connectivity index (χ2n) is 3.13. The van der Waals surface area contributed by atoms with Gasteiger partial charge < -0.3 is 5.11 Å². The standard InChI is InChI=1S/C9H5ClF6O/c10-4-1-6(8(11,12)13)5(3-17)7(2-4)9(14,15)16/h1-2,17H,3H2. The highest BCUT2D eigenvalue weighted by molar-refractivity contribution is 6.30. The molecule has 96 valence electrons. The molecule has 1 aromatic rings. The average Bonchev–Trinajstić information content (AvgIpc) is 2.13. The van der Waals surface area contributed by atoms with Crippen LogP contribution in [0.4, 0.5) is 26.3 Å². The third kappa shape index (κ3) is 3.04. The lowest BCUT2D eigenvalue weighted by molar-refractivity contribution is -0.145. The first kappa shape index (κ1) is 14.1. The molecule has 0 saturated heterocycles. The largest absolute Gasteiger partial charge is 0.416 e.